The second-order valence-electron chi connectivity index (χ2n) is 6.25. The van der Waals surface area contributed by atoms with Crippen molar-refractivity contribution in [3.63, 3.8) is 0 Å². The molecule has 0 spiro atoms. The number of hydrogen-bond donors (Lipinski definition) is 0. The van der Waals surface area contributed by atoms with E-state index in [2.05, 4.69) is 11.0 Å². The van der Waals surface area contributed by atoms with Gasteiger partial charge in [0.15, 0.2) is 0 Å². The number of carbonyl (C=O) groups excluding carboxylic acids is 1. The summed E-state index contributed by atoms with van der Waals surface area (Å²) >= 11 is 1.50. The third kappa shape index (κ3) is 2.95. The quantitative estimate of drug-likeness (QED) is 0.806. The van der Waals surface area contributed by atoms with Crippen LogP contribution in [0.1, 0.15) is 17.9 Å². The molecule has 0 radical (unpaired) electrons. The van der Waals surface area contributed by atoms with Crippen molar-refractivity contribution in [2.24, 2.45) is 0 Å². The second-order valence-corrected chi connectivity index (χ2v) is 7.18. The Morgan fingerprint density at radius 3 is 2.54 bits per heavy atom. The predicted octanol–water partition coefficient (Wildman–Crippen LogP) is 4.05. The molecule has 0 aromatic heterocycles. The first-order chi connectivity index (χ1) is 12.7. The van der Waals surface area contributed by atoms with Crippen LogP contribution in [-0.4, -0.2) is 23.4 Å². The van der Waals surface area contributed by atoms with Gasteiger partial charge in [-0.1, -0.05) is 42.1 Å². The zero-order chi connectivity index (χ0) is 18.1. The van der Waals surface area contributed by atoms with Crippen LogP contribution >= 0.6 is 11.8 Å². The molecule has 4 nitrogen and oxygen atoms in total. The molecule has 2 aliphatic rings. The number of benzene rings is 2. The van der Waals surface area contributed by atoms with Crippen molar-refractivity contribution < 1.29 is 9.18 Å². The van der Waals surface area contributed by atoms with Crippen LogP contribution in [0.25, 0.3) is 0 Å². The van der Waals surface area contributed by atoms with E-state index >= 15 is 0 Å². The lowest BCUT2D eigenvalue weighted by molar-refractivity contribution is -0.129. The number of hydrogen-bond acceptors (Lipinski definition) is 4. The summed E-state index contributed by atoms with van der Waals surface area (Å²) < 4.78 is 13.2. The summed E-state index contributed by atoms with van der Waals surface area (Å²) in [6.45, 7) is 0.437. The highest BCUT2D eigenvalue weighted by Gasteiger charge is 2.38. The summed E-state index contributed by atoms with van der Waals surface area (Å²) in [4.78, 5) is 16.6. The number of anilines is 1. The van der Waals surface area contributed by atoms with Gasteiger partial charge in [-0.05, 0) is 29.8 Å². The first-order valence-electron chi connectivity index (χ1n) is 8.30. The van der Waals surface area contributed by atoms with Gasteiger partial charge in [0, 0.05) is 18.0 Å². The average molecular weight is 365 g/mol. The zero-order valence-electron chi connectivity index (χ0n) is 13.9. The van der Waals surface area contributed by atoms with Crippen LogP contribution in [0, 0.1) is 17.1 Å². The summed E-state index contributed by atoms with van der Waals surface area (Å²) in [6, 6.07) is 18.3. The fraction of sp³-hybridized carbons (Fsp3) is 0.200. The predicted molar refractivity (Wildman–Crippen MR) is 99.5 cm³/mol. The molecule has 1 fully saturated rings. The van der Waals surface area contributed by atoms with E-state index in [-0.39, 0.29) is 24.1 Å². The molecule has 0 N–H and O–H groups in total. The van der Waals surface area contributed by atoms with E-state index in [0.29, 0.717) is 18.1 Å². The van der Waals surface area contributed by atoms with Gasteiger partial charge in [-0.15, -0.1) is 0 Å². The van der Waals surface area contributed by atoms with E-state index in [1.54, 1.807) is 17.0 Å². The van der Waals surface area contributed by atoms with Gasteiger partial charge in [-0.3, -0.25) is 9.69 Å². The van der Waals surface area contributed by atoms with Crippen LogP contribution in [0.4, 0.5) is 10.1 Å². The highest BCUT2D eigenvalue weighted by atomic mass is 32.2. The van der Waals surface area contributed by atoms with Crippen molar-refractivity contribution in [1.82, 2.24) is 4.90 Å². The number of halogens is 1. The van der Waals surface area contributed by atoms with Gasteiger partial charge in [-0.25, -0.2) is 4.39 Å². The highest BCUT2D eigenvalue weighted by molar-refractivity contribution is 8.03. The SMILES string of the molecule is N#CC1=C2SCN(c3ccccc3)CN2C(=O)C[C@H]1c1ccc(F)cc1. The molecule has 2 aliphatic heterocycles. The summed E-state index contributed by atoms with van der Waals surface area (Å²) in [5.41, 5.74) is 2.44. The van der Waals surface area contributed by atoms with Crippen molar-refractivity contribution >= 4 is 23.4 Å². The molecular formula is C20H16FN3OS. The molecule has 26 heavy (non-hydrogen) atoms. The number of thioether (sulfide) groups is 1. The minimum absolute atomic E-state index is 0.0125. The van der Waals surface area contributed by atoms with E-state index in [0.717, 1.165) is 16.3 Å². The maximum atomic E-state index is 13.2. The van der Waals surface area contributed by atoms with Gasteiger partial charge < -0.3 is 4.90 Å². The number of amides is 1. The monoisotopic (exact) mass is 365 g/mol. The number of rotatable bonds is 2. The minimum atomic E-state index is -0.325. The van der Waals surface area contributed by atoms with Gasteiger partial charge in [-0.2, -0.15) is 5.26 Å². The van der Waals surface area contributed by atoms with Crippen molar-refractivity contribution in [3.05, 3.63) is 76.6 Å². The number of fused-ring (bicyclic) bond motifs is 1. The Labute approximate surface area is 155 Å². The fourth-order valence-electron chi connectivity index (χ4n) is 3.34. The Morgan fingerprint density at radius 1 is 1.12 bits per heavy atom. The van der Waals surface area contributed by atoms with E-state index in [9.17, 15) is 14.4 Å². The maximum absolute atomic E-state index is 13.2. The van der Waals surface area contributed by atoms with Crippen molar-refractivity contribution in [1.29, 1.82) is 5.26 Å². The first-order valence-corrected chi connectivity index (χ1v) is 9.29. The molecule has 2 aromatic carbocycles. The Balaban J connectivity index is 1.67. The second kappa shape index (κ2) is 6.85. The summed E-state index contributed by atoms with van der Waals surface area (Å²) in [5.74, 6) is 0.0237. The summed E-state index contributed by atoms with van der Waals surface area (Å²) in [6.07, 6.45) is 0.223. The Kier molecular flexibility index (Phi) is 4.39. The Bertz CT molecular complexity index is 905. The van der Waals surface area contributed by atoms with Crippen molar-refractivity contribution in [3.8, 4) is 6.07 Å². The molecule has 6 heteroatoms. The number of carbonyl (C=O) groups is 1. The average Bonchev–Trinajstić information content (AvgIpc) is 2.69. The van der Waals surface area contributed by atoms with Gasteiger partial charge in [0.05, 0.1) is 29.2 Å². The Hall–Kier alpha value is -2.78. The van der Waals surface area contributed by atoms with Crippen LogP contribution in [0.3, 0.4) is 0 Å². The molecule has 0 bridgehead atoms. The van der Waals surface area contributed by atoms with Crippen molar-refractivity contribution in [2.75, 3.05) is 17.4 Å². The van der Waals surface area contributed by atoms with E-state index in [1.807, 2.05) is 30.3 Å². The topological polar surface area (TPSA) is 47.3 Å². The largest absolute Gasteiger partial charge is 0.344 e. The van der Waals surface area contributed by atoms with Gasteiger partial charge >= 0.3 is 0 Å². The third-order valence-corrected chi connectivity index (χ3v) is 5.84. The number of nitriles is 1. The van der Waals surface area contributed by atoms with E-state index in [4.69, 9.17) is 0 Å². The molecule has 130 valence electrons. The smallest absolute Gasteiger partial charge is 0.229 e. The standard InChI is InChI=1S/C20H16FN3OS/c21-15-8-6-14(7-9-15)17-10-19(25)24-12-23(16-4-2-1-3-5-16)13-26-20(24)18(17)11-22/h1-9,17H,10,12-13H2/t17-/m0/s1. The molecule has 0 aliphatic carbocycles. The van der Waals surface area contributed by atoms with E-state index in [1.165, 1.54) is 23.9 Å². The van der Waals surface area contributed by atoms with Crippen LogP contribution in [0.5, 0.6) is 0 Å². The fourth-order valence-corrected chi connectivity index (χ4v) is 4.51. The summed E-state index contributed by atoms with van der Waals surface area (Å²) in [7, 11) is 0. The van der Waals surface area contributed by atoms with Gasteiger partial charge in [0.25, 0.3) is 0 Å². The van der Waals surface area contributed by atoms with Crippen LogP contribution in [0.15, 0.2) is 65.2 Å². The summed E-state index contributed by atoms with van der Waals surface area (Å²) in [5, 5.41) is 10.5. The number of para-hydroxylation sites is 1. The first kappa shape index (κ1) is 16.7. The number of allylic oxidation sites excluding steroid dienone is 1. The molecule has 1 saturated heterocycles. The molecule has 0 unspecified atom stereocenters. The lowest BCUT2D eigenvalue weighted by Crippen LogP contribution is -2.47. The third-order valence-electron chi connectivity index (χ3n) is 4.69. The highest BCUT2D eigenvalue weighted by Crippen LogP contribution is 2.43. The normalized spacial score (nSPS) is 20.0. The number of nitrogens with zero attached hydrogens (tertiary/aromatic N) is 3. The minimum Gasteiger partial charge on any atom is -0.344 e. The molecule has 2 heterocycles. The van der Waals surface area contributed by atoms with Crippen molar-refractivity contribution in [2.45, 2.75) is 12.3 Å². The maximum Gasteiger partial charge on any atom is 0.229 e. The Morgan fingerprint density at radius 2 is 1.85 bits per heavy atom. The lowest BCUT2D eigenvalue weighted by Gasteiger charge is -2.42. The molecule has 4 rings (SSSR count). The molecule has 1 amide bonds. The lowest BCUT2D eigenvalue weighted by atomic mass is 9.86. The van der Waals surface area contributed by atoms with Crippen LogP contribution in [-0.2, 0) is 4.79 Å². The van der Waals surface area contributed by atoms with Gasteiger partial charge in [0.2, 0.25) is 5.91 Å². The van der Waals surface area contributed by atoms with E-state index < -0.39 is 0 Å². The van der Waals surface area contributed by atoms with Crippen LogP contribution < -0.4 is 4.90 Å². The molecular weight excluding hydrogens is 349 g/mol. The van der Waals surface area contributed by atoms with Gasteiger partial charge in [0.1, 0.15) is 5.82 Å². The molecule has 0 saturated carbocycles. The molecule has 2 aromatic rings. The van der Waals surface area contributed by atoms with Crippen LogP contribution in [0.2, 0.25) is 0 Å². The zero-order valence-corrected chi connectivity index (χ0v) is 14.7. The molecule has 1 atom stereocenters.